The van der Waals surface area contributed by atoms with E-state index in [9.17, 15) is 14.7 Å². The van der Waals surface area contributed by atoms with Gasteiger partial charge in [-0.2, -0.15) is 0 Å². The lowest BCUT2D eigenvalue weighted by Crippen LogP contribution is -2.27. The highest BCUT2D eigenvalue weighted by Gasteiger charge is 2.15. The normalized spacial score (nSPS) is 11.0. The Labute approximate surface area is 146 Å². The molecule has 0 saturated carbocycles. The van der Waals surface area contributed by atoms with Gasteiger partial charge >= 0.3 is 5.97 Å². The lowest BCUT2D eigenvalue weighted by atomic mass is 9.97. The number of pyridine rings is 1. The molecule has 25 heavy (non-hydrogen) atoms. The molecule has 0 aliphatic rings. The van der Waals surface area contributed by atoms with Crippen LogP contribution < -0.4 is 5.56 Å². The monoisotopic (exact) mass is 335 g/mol. The van der Waals surface area contributed by atoms with Gasteiger partial charge in [0.25, 0.3) is 5.56 Å². The highest BCUT2D eigenvalue weighted by Crippen LogP contribution is 2.19. The Morgan fingerprint density at radius 2 is 1.68 bits per heavy atom. The SMILES string of the molecule is Cc1cc(C)c(CCn2c(=O)c(C(=O)O)cc3ccccc32)c(C)c1. The third-order valence-corrected chi connectivity index (χ3v) is 4.66. The number of aromatic nitrogens is 1. The number of para-hydroxylation sites is 1. The summed E-state index contributed by atoms with van der Waals surface area (Å²) in [4.78, 5) is 24.1. The van der Waals surface area contributed by atoms with Gasteiger partial charge < -0.3 is 9.67 Å². The van der Waals surface area contributed by atoms with E-state index in [0.29, 0.717) is 13.0 Å². The highest BCUT2D eigenvalue weighted by molar-refractivity contribution is 5.92. The molecule has 0 radical (unpaired) electrons. The molecule has 4 nitrogen and oxygen atoms in total. The molecule has 3 aromatic rings. The van der Waals surface area contributed by atoms with Crippen LogP contribution in [0.15, 0.2) is 47.3 Å². The maximum Gasteiger partial charge on any atom is 0.341 e. The zero-order valence-electron chi connectivity index (χ0n) is 14.7. The summed E-state index contributed by atoms with van der Waals surface area (Å²) >= 11 is 0. The van der Waals surface area contributed by atoms with E-state index in [1.54, 1.807) is 4.57 Å². The largest absolute Gasteiger partial charge is 0.477 e. The molecule has 1 heterocycles. The van der Waals surface area contributed by atoms with Crippen molar-refractivity contribution in [2.45, 2.75) is 33.7 Å². The van der Waals surface area contributed by atoms with Crippen LogP contribution >= 0.6 is 0 Å². The van der Waals surface area contributed by atoms with Gasteiger partial charge in [-0.25, -0.2) is 4.79 Å². The van der Waals surface area contributed by atoms with Crippen LogP contribution in [-0.4, -0.2) is 15.6 Å². The molecular formula is C21H21NO3. The van der Waals surface area contributed by atoms with Crippen molar-refractivity contribution < 1.29 is 9.90 Å². The topological polar surface area (TPSA) is 59.3 Å². The fourth-order valence-corrected chi connectivity index (χ4v) is 3.53. The molecule has 1 aromatic heterocycles. The average molecular weight is 335 g/mol. The molecule has 4 heteroatoms. The summed E-state index contributed by atoms with van der Waals surface area (Å²) in [6.45, 7) is 6.66. The number of fused-ring (bicyclic) bond motifs is 1. The van der Waals surface area contributed by atoms with E-state index < -0.39 is 11.5 Å². The number of benzene rings is 2. The van der Waals surface area contributed by atoms with E-state index in [2.05, 4.69) is 32.9 Å². The summed E-state index contributed by atoms with van der Waals surface area (Å²) in [5, 5.41) is 10.1. The molecular weight excluding hydrogens is 314 g/mol. The molecule has 2 aromatic carbocycles. The van der Waals surface area contributed by atoms with Crippen LogP contribution in [-0.2, 0) is 13.0 Å². The van der Waals surface area contributed by atoms with Gasteiger partial charge in [-0.15, -0.1) is 0 Å². The van der Waals surface area contributed by atoms with Crippen LogP contribution in [0.1, 0.15) is 32.6 Å². The number of hydrogen-bond acceptors (Lipinski definition) is 2. The Morgan fingerprint density at radius 1 is 1.04 bits per heavy atom. The Hall–Kier alpha value is -2.88. The van der Waals surface area contributed by atoms with E-state index in [-0.39, 0.29) is 5.56 Å². The predicted molar refractivity (Wildman–Crippen MR) is 99.5 cm³/mol. The lowest BCUT2D eigenvalue weighted by Gasteiger charge is -2.15. The van der Waals surface area contributed by atoms with Crippen LogP contribution in [0.3, 0.4) is 0 Å². The van der Waals surface area contributed by atoms with E-state index in [1.165, 1.54) is 28.3 Å². The molecule has 0 amide bonds. The molecule has 0 fully saturated rings. The average Bonchev–Trinajstić information content (AvgIpc) is 2.54. The first-order valence-corrected chi connectivity index (χ1v) is 8.31. The first-order valence-electron chi connectivity index (χ1n) is 8.31. The molecule has 0 saturated heterocycles. The Kier molecular flexibility index (Phi) is 4.45. The molecule has 128 valence electrons. The maximum atomic E-state index is 12.7. The van der Waals surface area contributed by atoms with Gasteiger partial charge in [-0.1, -0.05) is 35.9 Å². The fourth-order valence-electron chi connectivity index (χ4n) is 3.53. The number of nitrogens with zero attached hydrogens (tertiary/aromatic N) is 1. The number of aryl methyl sites for hydroxylation is 4. The standard InChI is InChI=1S/C21H21NO3/c1-13-10-14(2)17(15(3)11-13)8-9-22-19-7-5-4-6-16(19)12-18(20(22)23)21(24)25/h4-7,10-12H,8-9H2,1-3H3,(H,24,25). The number of carboxylic acid groups (broad SMARTS) is 1. The number of aromatic carboxylic acids is 1. The molecule has 1 N–H and O–H groups in total. The minimum Gasteiger partial charge on any atom is -0.477 e. The van der Waals surface area contributed by atoms with Gasteiger partial charge in [0.1, 0.15) is 5.56 Å². The fraction of sp³-hybridized carbons (Fsp3) is 0.238. The highest BCUT2D eigenvalue weighted by atomic mass is 16.4. The molecule has 0 atom stereocenters. The van der Waals surface area contributed by atoms with E-state index in [4.69, 9.17) is 0 Å². The van der Waals surface area contributed by atoms with Crippen molar-refractivity contribution in [3.8, 4) is 0 Å². The van der Waals surface area contributed by atoms with Crippen molar-refractivity contribution in [1.82, 2.24) is 4.57 Å². The van der Waals surface area contributed by atoms with E-state index >= 15 is 0 Å². The lowest BCUT2D eigenvalue weighted by molar-refractivity contribution is 0.0694. The summed E-state index contributed by atoms with van der Waals surface area (Å²) in [5.41, 5.74) is 4.95. The van der Waals surface area contributed by atoms with Gasteiger partial charge in [0.15, 0.2) is 0 Å². The molecule has 3 rings (SSSR count). The minimum atomic E-state index is -1.19. The second kappa shape index (κ2) is 6.55. The first kappa shape index (κ1) is 17.0. The van der Waals surface area contributed by atoms with Gasteiger partial charge in [0.05, 0.1) is 5.52 Å². The van der Waals surface area contributed by atoms with Crippen molar-refractivity contribution >= 4 is 16.9 Å². The van der Waals surface area contributed by atoms with Crippen LogP contribution in [0.4, 0.5) is 0 Å². The predicted octanol–water partition coefficient (Wildman–Crippen LogP) is 3.87. The second-order valence-corrected chi connectivity index (χ2v) is 6.51. The number of carboxylic acids is 1. The Balaban J connectivity index is 2.09. The minimum absolute atomic E-state index is 0.184. The molecule has 0 aliphatic heterocycles. The number of rotatable bonds is 4. The summed E-state index contributed by atoms with van der Waals surface area (Å²) in [7, 11) is 0. The van der Waals surface area contributed by atoms with Crippen molar-refractivity contribution in [2.75, 3.05) is 0 Å². The van der Waals surface area contributed by atoms with Gasteiger partial charge in [0.2, 0.25) is 0 Å². The quantitative estimate of drug-likeness (QED) is 0.787. The zero-order valence-corrected chi connectivity index (χ0v) is 14.7. The van der Waals surface area contributed by atoms with Crippen LogP contribution in [0.25, 0.3) is 10.9 Å². The third kappa shape index (κ3) is 3.20. The van der Waals surface area contributed by atoms with E-state index in [0.717, 1.165) is 10.9 Å². The molecule has 0 aliphatic carbocycles. The number of hydrogen-bond donors (Lipinski definition) is 1. The summed E-state index contributed by atoms with van der Waals surface area (Å²) in [6, 6.07) is 13.1. The Bertz CT molecular complexity index is 1010. The van der Waals surface area contributed by atoms with Crippen molar-refractivity contribution in [1.29, 1.82) is 0 Å². The number of carbonyl (C=O) groups is 1. The van der Waals surface area contributed by atoms with Gasteiger partial charge in [-0.05, 0) is 61.4 Å². The van der Waals surface area contributed by atoms with Crippen molar-refractivity contribution in [3.05, 3.63) is 80.6 Å². The summed E-state index contributed by atoms with van der Waals surface area (Å²) in [6.07, 6.45) is 0.685. The summed E-state index contributed by atoms with van der Waals surface area (Å²) in [5.74, 6) is -1.19. The molecule has 0 unspecified atom stereocenters. The van der Waals surface area contributed by atoms with Crippen molar-refractivity contribution in [2.24, 2.45) is 0 Å². The smallest absolute Gasteiger partial charge is 0.341 e. The van der Waals surface area contributed by atoms with Gasteiger partial charge in [-0.3, -0.25) is 4.79 Å². The van der Waals surface area contributed by atoms with E-state index in [1.807, 2.05) is 24.3 Å². The second-order valence-electron chi connectivity index (χ2n) is 6.51. The molecule has 0 bridgehead atoms. The van der Waals surface area contributed by atoms with Crippen LogP contribution in [0.5, 0.6) is 0 Å². The third-order valence-electron chi connectivity index (χ3n) is 4.66. The molecule has 0 spiro atoms. The van der Waals surface area contributed by atoms with Gasteiger partial charge in [0, 0.05) is 6.54 Å². The Morgan fingerprint density at radius 3 is 2.32 bits per heavy atom. The first-order chi connectivity index (χ1) is 11.9. The van der Waals surface area contributed by atoms with Crippen molar-refractivity contribution in [3.63, 3.8) is 0 Å². The van der Waals surface area contributed by atoms with Crippen LogP contribution in [0.2, 0.25) is 0 Å². The summed E-state index contributed by atoms with van der Waals surface area (Å²) < 4.78 is 1.58. The maximum absolute atomic E-state index is 12.7. The zero-order chi connectivity index (χ0) is 18.1. The van der Waals surface area contributed by atoms with Crippen LogP contribution in [0, 0.1) is 20.8 Å².